The van der Waals surface area contributed by atoms with Crippen molar-refractivity contribution >= 4 is 5.91 Å². The molecule has 0 bridgehead atoms. The molecule has 0 saturated carbocycles. The van der Waals surface area contributed by atoms with Crippen LogP contribution in [0.5, 0.6) is 11.5 Å². The predicted molar refractivity (Wildman–Crippen MR) is 113 cm³/mol. The number of hydrogen-bond acceptors (Lipinski definition) is 4. The van der Waals surface area contributed by atoms with Gasteiger partial charge in [-0.25, -0.2) is 0 Å². The van der Waals surface area contributed by atoms with Crippen LogP contribution in [0, 0.1) is 13.8 Å². The summed E-state index contributed by atoms with van der Waals surface area (Å²) in [5.41, 5.74) is 4.58. The number of methoxy groups -OCH3 is 2. The van der Waals surface area contributed by atoms with E-state index < -0.39 is 0 Å². The number of aryl methyl sites for hydroxylation is 2. The van der Waals surface area contributed by atoms with Crippen LogP contribution in [-0.2, 0) is 17.8 Å². The first kappa shape index (κ1) is 21.8. The Labute approximate surface area is 168 Å². The summed E-state index contributed by atoms with van der Waals surface area (Å²) in [5, 5.41) is 3.04. The lowest BCUT2D eigenvalue weighted by Gasteiger charge is -2.24. The smallest absolute Gasteiger partial charge is 0.237 e. The third-order valence-corrected chi connectivity index (χ3v) is 5.07. The van der Waals surface area contributed by atoms with Crippen LogP contribution in [-0.4, -0.2) is 44.7 Å². The van der Waals surface area contributed by atoms with Crippen molar-refractivity contribution in [1.82, 2.24) is 10.2 Å². The number of ether oxygens (including phenoxy) is 2. The maximum absolute atomic E-state index is 12.5. The van der Waals surface area contributed by atoms with E-state index in [2.05, 4.69) is 22.3 Å². The monoisotopic (exact) mass is 384 g/mol. The van der Waals surface area contributed by atoms with Gasteiger partial charge in [0, 0.05) is 13.1 Å². The number of nitrogens with one attached hydrogen (secondary N) is 1. The van der Waals surface area contributed by atoms with Crippen LogP contribution in [0.1, 0.15) is 29.2 Å². The minimum atomic E-state index is -0.210. The second-order valence-electron chi connectivity index (χ2n) is 7.24. The summed E-state index contributed by atoms with van der Waals surface area (Å²) in [6.45, 7) is 7.35. The van der Waals surface area contributed by atoms with Gasteiger partial charge < -0.3 is 14.8 Å². The molecule has 5 nitrogen and oxygen atoms in total. The lowest BCUT2D eigenvalue weighted by molar-refractivity contribution is -0.125. The van der Waals surface area contributed by atoms with Gasteiger partial charge in [0.15, 0.2) is 0 Å². The summed E-state index contributed by atoms with van der Waals surface area (Å²) in [5.74, 6) is 1.81. The molecule has 0 spiro atoms. The topological polar surface area (TPSA) is 50.8 Å². The number of hydrogen-bond donors (Lipinski definition) is 1. The number of likely N-dealkylation sites (N-methyl/N-ethyl adjacent to an activating group) is 1. The third-order valence-electron chi connectivity index (χ3n) is 5.07. The van der Waals surface area contributed by atoms with E-state index in [0.717, 1.165) is 29.0 Å². The van der Waals surface area contributed by atoms with Crippen molar-refractivity contribution in [3.8, 4) is 11.5 Å². The lowest BCUT2D eigenvalue weighted by atomic mass is 10.0. The molecule has 0 saturated heterocycles. The second-order valence-corrected chi connectivity index (χ2v) is 7.24. The Hall–Kier alpha value is -2.53. The zero-order valence-electron chi connectivity index (χ0n) is 17.8. The van der Waals surface area contributed by atoms with E-state index in [4.69, 9.17) is 9.47 Å². The predicted octanol–water partition coefficient (Wildman–Crippen LogP) is 3.50. The molecular formula is C23H32N2O3. The summed E-state index contributed by atoms with van der Waals surface area (Å²) in [7, 11) is 5.32. The Morgan fingerprint density at radius 3 is 2.18 bits per heavy atom. The Morgan fingerprint density at radius 1 is 1.04 bits per heavy atom. The molecule has 1 N–H and O–H groups in total. The molecule has 2 aromatic rings. The molecule has 2 aromatic carbocycles. The van der Waals surface area contributed by atoms with Gasteiger partial charge in [0.25, 0.3) is 0 Å². The molecule has 0 heterocycles. The van der Waals surface area contributed by atoms with E-state index in [9.17, 15) is 4.79 Å². The SMILES string of the molecule is COc1ccc(CCNC(=O)C(C)N(C)Cc2cc(C)c(OC)c(C)c2)cc1. The molecule has 5 heteroatoms. The number of carbonyl (C=O) groups excluding carboxylic acids is 1. The fourth-order valence-corrected chi connectivity index (χ4v) is 3.35. The molecule has 0 aromatic heterocycles. The minimum absolute atomic E-state index is 0.0398. The van der Waals surface area contributed by atoms with Crippen molar-refractivity contribution in [3.05, 3.63) is 58.7 Å². The lowest BCUT2D eigenvalue weighted by Crippen LogP contribution is -2.43. The number of amides is 1. The Kier molecular flexibility index (Phi) is 7.88. The van der Waals surface area contributed by atoms with Crippen molar-refractivity contribution in [3.63, 3.8) is 0 Å². The molecule has 28 heavy (non-hydrogen) atoms. The molecule has 0 radical (unpaired) electrons. The van der Waals surface area contributed by atoms with Crippen molar-refractivity contribution in [1.29, 1.82) is 0 Å². The highest BCUT2D eigenvalue weighted by molar-refractivity contribution is 5.81. The maximum atomic E-state index is 12.5. The number of benzene rings is 2. The average molecular weight is 385 g/mol. The van der Waals surface area contributed by atoms with Crippen LogP contribution < -0.4 is 14.8 Å². The normalized spacial score (nSPS) is 12.0. The molecule has 0 aliphatic carbocycles. The van der Waals surface area contributed by atoms with Gasteiger partial charge in [0.2, 0.25) is 5.91 Å². The third kappa shape index (κ3) is 5.73. The quantitative estimate of drug-likeness (QED) is 0.719. The van der Waals surface area contributed by atoms with E-state index in [1.54, 1.807) is 14.2 Å². The Bertz CT molecular complexity index is 764. The van der Waals surface area contributed by atoms with Gasteiger partial charge >= 0.3 is 0 Å². The second kappa shape index (κ2) is 10.1. The molecule has 2 rings (SSSR count). The van der Waals surface area contributed by atoms with E-state index in [1.807, 2.05) is 52.1 Å². The number of rotatable bonds is 9. The van der Waals surface area contributed by atoms with E-state index in [1.165, 1.54) is 11.1 Å². The molecular weight excluding hydrogens is 352 g/mol. The van der Waals surface area contributed by atoms with Crippen LogP contribution in [0.15, 0.2) is 36.4 Å². The van der Waals surface area contributed by atoms with Gasteiger partial charge in [-0.15, -0.1) is 0 Å². The van der Waals surface area contributed by atoms with Gasteiger partial charge in [-0.05, 0) is 68.6 Å². The van der Waals surface area contributed by atoms with Crippen LogP contribution in [0.4, 0.5) is 0 Å². The molecule has 0 fully saturated rings. The van der Waals surface area contributed by atoms with Gasteiger partial charge in [-0.1, -0.05) is 24.3 Å². The van der Waals surface area contributed by atoms with Gasteiger partial charge in [-0.2, -0.15) is 0 Å². The van der Waals surface area contributed by atoms with E-state index >= 15 is 0 Å². The summed E-state index contributed by atoms with van der Waals surface area (Å²) in [4.78, 5) is 14.6. The van der Waals surface area contributed by atoms with Gasteiger partial charge in [0.1, 0.15) is 11.5 Å². The molecule has 1 atom stereocenters. The van der Waals surface area contributed by atoms with Gasteiger partial charge in [0.05, 0.1) is 20.3 Å². The largest absolute Gasteiger partial charge is 0.497 e. The van der Waals surface area contributed by atoms with Crippen LogP contribution >= 0.6 is 0 Å². The molecule has 0 aliphatic rings. The molecule has 1 unspecified atom stereocenters. The van der Waals surface area contributed by atoms with Crippen LogP contribution in [0.2, 0.25) is 0 Å². The van der Waals surface area contributed by atoms with Crippen molar-refractivity contribution in [2.75, 3.05) is 27.8 Å². The summed E-state index contributed by atoms with van der Waals surface area (Å²) >= 11 is 0. The first-order valence-corrected chi connectivity index (χ1v) is 9.60. The van der Waals surface area contributed by atoms with Crippen LogP contribution in [0.3, 0.4) is 0 Å². The minimum Gasteiger partial charge on any atom is -0.497 e. The highest BCUT2D eigenvalue weighted by Crippen LogP contribution is 2.25. The van der Waals surface area contributed by atoms with Crippen LogP contribution in [0.25, 0.3) is 0 Å². The van der Waals surface area contributed by atoms with E-state index in [-0.39, 0.29) is 11.9 Å². The fourth-order valence-electron chi connectivity index (χ4n) is 3.35. The zero-order chi connectivity index (χ0) is 20.7. The van der Waals surface area contributed by atoms with E-state index in [0.29, 0.717) is 13.1 Å². The summed E-state index contributed by atoms with van der Waals surface area (Å²) in [6, 6.07) is 12.0. The van der Waals surface area contributed by atoms with Crippen molar-refractivity contribution in [2.45, 2.75) is 39.8 Å². The molecule has 1 amide bonds. The van der Waals surface area contributed by atoms with Crippen molar-refractivity contribution in [2.24, 2.45) is 0 Å². The summed E-state index contributed by atoms with van der Waals surface area (Å²) < 4.78 is 10.6. The fraction of sp³-hybridized carbons (Fsp3) is 0.435. The first-order valence-electron chi connectivity index (χ1n) is 9.60. The standard InChI is InChI=1S/C23H32N2O3/c1-16-13-20(14-17(2)22(16)28-6)15-25(4)18(3)23(26)24-12-11-19-7-9-21(27-5)10-8-19/h7-10,13-14,18H,11-12,15H2,1-6H3,(H,24,26). The van der Waals surface area contributed by atoms with Crippen molar-refractivity contribution < 1.29 is 14.3 Å². The Morgan fingerprint density at radius 2 is 1.64 bits per heavy atom. The molecule has 152 valence electrons. The molecule has 0 aliphatic heterocycles. The van der Waals surface area contributed by atoms with Gasteiger partial charge in [-0.3, -0.25) is 9.69 Å². The first-order chi connectivity index (χ1) is 13.3. The highest BCUT2D eigenvalue weighted by atomic mass is 16.5. The maximum Gasteiger partial charge on any atom is 0.237 e. The number of nitrogens with zero attached hydrogens (tertiary/aromatic N) is 1. The summed E-state index contributed by atoms with van der Waals surface area (Å²) in [6.07, 6.45) is 0.795. The number of carbonyl (C=O) groups is 1. The highest BCUT2D eigenvalue weighted by Gasteiger charge is 2.18. The zero-order valence-corrected chi connectivity index (χ0v) is 17.8. The Balaban J connectivity index is 1.86. The average Bonchev–Trinajstić information content (AvgIpc) is 2.67.